The van der Waals surface area contributed by atoms with Crippen LogP contribution in [0.2, 0.25) is 5.02 Å². The summed E-state index contributed by atoms with van der Waals surface area (Å²) < 4.78 is 0. The third-order valence-corrected chi connectivity index (χ3v) is 6.32. The summed E-state index contributed by atoms with van der Waals surface area (Å²) in [7, 11) is 0. The van der Waals surface area contributed by atoms with Crippen molar-refractivity contribution in [3.8, 4) is 0 Å². The molecule has 184 valence electrons. The van der Waals surface area contributed by atoms with Gasteiger partial charge < -0.3 is 20.9 Å². The highest BCUT2D eigenvalue weighted by Gasteiger charge is 2.19. The second kappa shape index (κ2) is 10.8. The summed E-state index contributed by atoms with van der Waals surface area (Å²) in [5, 5.41) is 11.7. The van der Waals surface area contributed by atoms with Crippen LogP contribution in [0.15, 0.2) is 60.8 Å². The maximum atomic E-state index is 12.6. The molecule has 1 fully saturated rings. The lowest BCUT2D eigenvalue weighted by atomic mass is 10.2. The first-order chi connectivity index (χ1) is 17.5. The number of carbonyl (C=O) groups excluding carboxylic acids is 1. The number of anilines is 4. The van der Waals surface area contributed by atoms with Crippen molar-refractivity contribution in [3.63, 3.8) is 0 Å². The second-order valence-electron chi connectivity index (χ2n) is 8.79. The summed E-state index contributed by atoms with van der Waals surface area (Å²) in [6.45, 7) is 4.98. The number of pyridine rings is 1. The van der Waals surface area contributed by atoms with E-state index in [1.807, 2.05) is 66.4 Å². The van der Waals surface area contributed by atoms with Gasteiger partial charge in [0.15, 0.2) is 0 Å². The summed E-state index contributed by atoms with van der Waals surface area (Å²) in [5.74, 6) is 1.33. The first-order valence-corrected chi connectivity index (χ1v) is 12.5. The Morgan fingerprint density at radius 3 is 2.56 bits per heavy atom. The van der Waals surface area contributed by atoms with E-state index in [1.165, 1.54) is 0 Å². The van der Waals surface area contributed by atoms with Crippen LogP contribution < -0.4 is 16.0 Å². The van der Waals surface area contributed by atoms with Gasteiger partial charge in [-0.3, -0.25) is 9.78 Å². The minimum Gasteiger partial charge on any atom is -0.383 e. The first kappa shape index (κ1) is 23.8. The maximum absolute atomic E-state index is 12.6. The number of amides is 1. The number of nitrogens with zero attached hydrogens (tertiary/aromatic N) is 4. The van der Waals surface area contributed by atoms with Crippen LogP contribution in [0.4, 0.5) is 23.1 Å². The number of aryl methyl sites for hydroxylation is 1. The molecular formula is C27H28ClN7O. The monoisotopic (exact) mass is 501 g/mol. The van der Waals surface area contributed by atoms with E-state index in [1.54, 1.807) is 6.20 Å². The van der Waals surface area contributed by atoms with Gasteiger partial charge in [0.05, 0.1) is 5.52 Å². The Hall–Kier alpha value is -3.91. The predicted molar refractivity (Wildman–Crippen MR) is 145 cm³/mol. The lowest BCUT2D eigenvalue weighted by molar-refractivity contribution is 0.0793. The van der Waals surface area contributed by atoms with Crippen LogP contribution in [0.25, 0.3) is 10.9 Å². The van der Waals surface area contributed by atoms with Crippen molar-refractivity contribution < 1.29 is 4.79 Å². The quantitative estimate of drug-likeness (QED) is 0.275. The maximum Gasteiger partial charge on any atom is 0.253 e. The van der Waals surface area contributed by atoms with Gasteiger partial charge in [-0.05, 0) is 68.3 Å². The Morgan fingerprint density at radius 2 is 1.75 bits per heavy atom. The van der Waals surface area contributed by atoms with Gasteiger partial charge in [-0.1, -0.05) is 11.6 Å². The van der Waals surface area contributed by atoms with Gasteiger partial charge >= 0.3 is 0 Å². The summed E-state index contributed by atoms with van der Waals surface area (Å²) >= 11 is 6.08. The van der Waals surface area contributed by atoms with E-state index < -0.39 is 0 Å². The lowest BCUT2D eigenvalue weighted by Gasteiger charge is -2.15. The van der Waals surface area contributed by atoms with E-state index >= 15 is 0 Å². The van der Waals surface area contributed by atoms with Gasteiger partial charge in [0, 0.05) is 71.5 Å². The Balaban J connectivity index is 1.18. The SMILES string of the molecule is Cc1cc(NCCNc2ccnc3cc(Cl)ccc23)nc(Nc2ccc(C(=O)N3CCCC3)cc2)n1. The largest absolute Gasteiger partial charge is 0.383 e. The molecule has 2 aromatic heterocycles. The number of hydrogen-bond donors (Lipinski definition) is 3. The Kier molecular flexibility index (Phi) is 7.13. The number of nitrogens with one attached hydrogen (secondary N) is 3. The fourth-order valence-corrected chi connectivity index (χ4v) is 4.47. The molecule has 0 atom stereocenters. The second-order valence-corrected chi connectivity index (χ2v) is 9.23. The number of hydrogen-bond acceptors (Lipinski definition) is 7. The van der Waals surface area contributed by atoms with Crippen LogP contribution in [0.3, 0.4) is 0 Å². The van der Waals surface area contributed by atoms with Crippen LogP contribution in [0.1, 0.15) is 28.9 Å². The van der Waals surface area contributed by atoms with Crippen molar-refractivity contribution in [2.45, 2.75) is 19.8 Å². The van der Waals surface area contributed by atoms with E-state index in [2.05, 4.69) is 30.9 Å². The molecule has 1 amide bonds. The summed E-state index contributed by atoms with van der Waals surface area (Å²) in [6, 6.07) is 17.0. The van der Waals surface area contributed by atoms with Crippen LogP contribution in [-0.2, 0) is 0 Å². The summed E-state index contributed by atoms with van der Waals surface area (Å²) in [4.78, 5) is 27.9. The minimum atomic E-state index is 0.0921. The molecule has 3 N–H and O–H groups in total. The fourth-order valence-electron chi connectivity index (χ4n) is 4.31. The zero-order valence-electron chi connectivity index (χ0n) is 20.1. The zero-order valence-corrected chi connectivity index (χ0v) is 20.8. The van der Waals surface area contributed by atoms with Gasteiger partial charge in [0.1, 0.15) is 5.82 Å². The van der Waals surface area contributed by atoms with Gasteiger partial charge in [-0.2, -0.15) is 4.98 Å². The van der Waals surface area contributed by atoms with Gasteiger partial charge in [0.25, 0.3) is 5.91 Å². The highest BCUT2D eigenvalue weighted by Crippen LogP contribution is 2.24. The van der Waals surface area contributed by atoms with Crippen LogP contribution in [0, 0.1) is 6.92 Å². The highest BCUT2D eigenvalue weighted by atomic mass is 35.5. The lowest BCUT2D eigenvalue weighted by Crippen LogP contribution is -2.27. The molecule has 0 radical (unpaired) electrons. The smallest absolute Gasteiger partial charge is 0.253 e. The zero-order chi connectivity index (χ0) is 24.9. The highest BCUT2D eigenvalue weighted by molar-refractivity contribution is 6.31. The molecule has 0 saturated carbocycles. The average Bonchev–Trinajstić information content (AvgIpc) is 3.41. The number of carbonyl (C=O) groups is 1. The minimum absolute atomic E-state index is 0.0921. The van der Waals surface area contributed by atoms with Crippen molar-refractivity contribution in [1.29, 1.82) is 0 Å². The number of halogens is 1. The normalized spacial score (nSPS) is 13.1. The molecule has 9 heteroatoms. The summed E-state index contributed by atoms with van der Waals surface area (Å²) in [5.41, 5.74) is 4.24. The summed E-state index contributed by atoms with van der Waals surface area (Å²) in [6.07, 6.45) is 3.94. The van der Waals surface area contributed by atoms with E-state index in [4.69, 9.17) is 11.6 Å². The van der Waals surface area contributed by atoms with Crippen LogP contribution in [0.5, 0.6) is 0 Å². The van der Waals surface area contributed by atoms with Crippen molar-refractivity contribution >= 4 is 51.6 Å². The molecule has 3 heterocycles. The average molecular weight is 502 g/mol. The van der Waals surface area contributed by atoms with Crippen molar-refractivity contribution in [2.75, 3.05) is 42.1 Å². The molecule has 0 spiro atoms. The molecule has 1 aliphatic heterocycles. The molecule has 1 aliphatic rings. The molecule has 1 saturated heterocycles. The number of rotatable bonds is 8. The Labute approximate surface area is 215 Å². The van der Waals surface area contributed by atoms with Crippen molar-refractivity contribution in [2.24, 2.45) is 0 Å². The number of fused-ring (bicyclic) bond motifs is 1. The molecule has 0 aliphatic carbocycles. The third kappa shape index (κ3) is 5.66. The Bertz CT molecular complexity index is 1370. The van der Waals surface area contributed by atoms with E-state index in [-0.39, 0.29) is 5.91 Å². The number of likely N-dealkylation sites (tertiary alicyclic amines) is 1. The molecule has 0 bridgehead atoms. The van der Waals surface area contributed by atoms with E-state index in [0.717, 1.165) is 59.7 Å². The molecular weight excluding hydrogens is 474 g/mol. The van der Waals surface area contributed by atoms with Crippen LogP contribution in [-0.4, -0.2) is 51.9 Å². The Morgan fingerprint density at radius 1 is 0.972 bits per heavy atom. The van der Waals surface area contributed by atoms with Crippen molar-refractivity contribution in [3.05, 3.63) is 77.1 Å². The molecule has 4 aromatic rings. The fraction of sp³-hybridized carbons (Fsp3) is 0.259. The van der Waals surface area contributed by atoms with Gasteiger partial charge in [-0.15, -0.1) is 0 Å². The van der Waals surface area contributed by atoms with E-state index in [0.29, 0.717) is 29.6 Å². The number of aromatic nitrogens is 3. The molecule has 8 nitrogen and oxygen atoms in total. The third-order valence-electron chi connectivity index (χ3n) is 6.09. The number of benzene rings is 2. The van der Waals surface area contributed by atoms with Gasteiger partial charge in [-0.25, -0.2) is 4.98 Å². The molecule has 5 rings (SSSR count). The molecule has 0 unspecified atom stereocenters. The molecule has 36 heavy (non-hydrogen) atoms. The first-order valence-electron chi connectivity index (χ1n) is 12.1. The topological polar surface area (TPSA) is 95.1 Å². The predicted octanol–water partition coefficient (Wildman–Crippen LogP) is 5.49. The van der Waals surface area contributed by atoms with Crippen LogP contribution >= 0.6 is 11.6 Å². The van der Waals surface area contributed by atoms with E-state index in [9.17, 15) is 4.79 Å². The standard InChI is InChI=1S/C27H28ClN7O/c1-18-16-25(31-13-12-30-23-10-11-29-24-17-20(28)6-9-22(23)24)34-27(32-18)33-21-7-4-19(5-8-21)26(36)35-14-2-3-15-35/h4-11,16-17H,2-3,12-15H2,1H3,(H,29,30)(H2,31,32,33,34). The van der Waals surface area contributed by atoms with Crippen molar-refractivity contribution in [1.82, 2.24) is 19.9 Å². The van der Waals surface area contributed by atoms with Gasteiger partial charge in [0.2, 0.25) is 5.95 Å². The molecule has 2 aromatic carbocycles.